The molecule has 0 saturated carbocycles. The van der Waals surface area contributed by atoms with Gasteiger partial charge in [-0.1, -0.05) is 11.6 Å². The summed E-state index contributed by atoms with van der Waals surface area (Å²) in [5.74, 6) is 0. The molecule has 138 valence electrons. The van der Waals surface area contributed by atoms with Crippen LogP contribution in [0.3, 0.4) is 0 Å². The zero-order valence-electron chi connectivity index (χ0n) is 14.3. The number of hydrogen-bond donors (Lipinski definition) is 2. The molecule has 0 amide bonds. The molecule has 26 heavy (non-hydrogen) atoms. The largest absolute Gasteiger partial charge is 0.433 e. The molecule has 7 heteroatoms. The van der Waals surface area contributed by atoms with Crippen LogP contribution >= 0.6 is 0 Å². The highest BCUT2D eigenvalue weighted by molar-refractivity contribution is 6.06. The first kappa shape index (κ1) is 17.3. The summed E-state index contributed by atoms with van der Waals surface area (Å²) in [6.07, 6.45) is -3.46. The molecule has 2 aromatic heterocycles. The minimum Gasteiger partial charge on any atom is -0.390 e. The number of pyridine rings is 1. The van der Waals surface area contributed by atoms with Crippen molar-refractivity contribution in [3.05, 3.63) is 41.6 Å². The van der Waals surface area contributed by atoms with Crippen molar-refractivity contribution in [1.29, 1.82) is 0 Å². The van der Waals surface area contributed by atoms with Crippen molar-refractivity contribution < 1.29 is 18.3 Å². The maximum absolute atomic E-state index is 13.2. The van der Waals surface area contributed by atoms with Crippen LogP contribution in [0.1, 0.15) is 30.1 Å². The van der Waals surface area contributed by atoms with Crippen molar-refractivity contribution in [2.24, 2.45) is 0 Å². The van der Waals surface area contributed by atoms with Crippen LogP contribution in [0.2, 0.25) is 0 Å². The van der Waals surface area contributed by atoms with Gasteiger partial charge in [-0.2, -0.15) is 13.2 Å². The molecular formula is C19H20F3N3O. The van der Waals surface area contributed by atoms with Gasteiger partial charge in [-0.3, -0.25) is 0 Å². The molecule has 0 bridgehead atoms. The monoisotopic (exact) mass is 363 g/mol. The Hall–Kier alpha value is -2.12. The van der Waals surface area contributed by atoms with Crippen molar-refractivity contribution in [2.45, 2.75) is 38.1 Å². The fourth-order valence-electron chi connectivity index (χ4n) is 3.85. The molecule has 1 fully saturated rings. The number of nitrogens with zero attached hydrogens (tertiary/aromatic N) is 2. The summed E-state index contributed by atoms with van der Waals surface area (Å²) >= 11 is 0. The number of hydrogen-bond acceptors (Lipinski definition) is 3. The van der Waals surface area contributed by atoms with E-state index in [4.69, 9.17) is 0 Å². The Labute approximate surface area is 148 Å². The predicted octanol–water partition coefficient (Wildman–Crippen LogP) is 3.80. The summed E-state index contributed by atoms with van der Waals surface area (Å²) in [6.45, 7) is 3.19. The second kappa shape index (κ2) is 6.25. The van der Waals surface area contributed by atoms with Gasteiger partial charge in [0, 0.05) is 11.9 Å². The standard InChI is InChI=1S/C19H20F3N3O/c1-11-4-5-13-12(9-11)18-15(6-7-17(24-18)19(20,21)22)25(13)14-3-2-8-23-10-16(14)26/h4-7,9,14,16,23,26H,2-3,8,10H2,1H3/t14-,16-/m1/s1. The molecule has 0 radical (unpaired) electrons. The zero-order valence-corrected chi connectivity index (χ0v) is 14.3. The van der Waals surface area contributed by atoms with E-state index in [1.807, 2.05) is 29.7 Å². The maximum atomic E-state index is 13.2. The third-order valence-electron chi connectivity index (χ3n) is 5.07. The Bertz CT molecular complexity index is 964. The molecule has 1 aliphatic rings. The minimum atomic E-state index is -4.49. The predicted molar refractivity (Wildman–Crippen MR) is 94.1 cm³/mol. The Morgan fingerprint density at radius 2 is 1.96 bits per heavy atom. The number of β-amino-alcohol motifs (C(OH)–C–C–N with tert-alkyl or cyclic N) is 1. The summed E-state index contributed by atoms with van der Waals surface area (Å²) < 4.78 is 41.4. The third-order valence-corrected chi connectivity index (χ3v) is 5.07. The number of halogens is 3. The van der Waals surface area contributed by atoms with Crippen LogP contribution in [0.4, 0.5) is 13.2 Å². The van der Waals surface area contributed by atoms with Gasteiger partial charge in [0.05, 0.1) is 28.7 Å². The van der Waals surface area contributed by atoms with Crippen LogP contribution in [0.15, 0.2) is 30.3 Å². The van der Waals surface area contributed by atoms with Gasteiger partial charge in [-0.15, -0.1) is 0 Å². The van der Waals surface area contributed by atoms with E-state index >= 15 is 0 Å². The van der Waals surface area contributed by atoms with E-state index in [9.17, 15) is 18.3 Å². The fraction of sp³-hybridized carbons (Fsp3) is 0.421. The molecule has 4 nitrogen and oxygen atoms in total. The van der Waals surface area contributed by atoms with Crippen molar-refractivity contribution >= 4 is 21.9 Å². The van der Waals surface area contributed by atoms with Gasteiger partial charge in [0.25, 0.3) is 0 Å². The Morgan fingerprint density at radius 1 is 1.19 bits per heavy atom. The summed E-state index contributed by atoms with van der Waals surface area (Å²) in [7, 11) is 0. The second-order valence-corrected chi connectivity index (χ2v) is 6.93. The first-order valence-corrected chi connectivity index (χ1v) is 8.73. The van der Waals surface area contributed by atoms with Crippen molar-refractivity contribution in [1.82, 2.24) is 14.9 Å². The van der Waals surface area contributed by atoms with Crippen LogP contribution in [0.5, 0.6) is 0 Å². The van der Waals surface area contributed by atoms with Gasteiger partial charge in [-0.05, 0) is 50.6 Å². The molecule has 1 aliphatic heterocycles. The lowest BCUT2D eigenvalue weighted by molar-refractivity contribution is -0.140. The molecule has 2 atom stereocenters. The summed E-state index contributed by atoms with van der Waals surface area (Å²) in [5.41, 5.74) is 1.84. The number of benzene rings is 1. The molecule has 2 N–H and O–H groups in total. The number of alkyl halides is 3. The van der Waals surface area contributed by atoms with Gasteiger partial charge in [-0.25, -0.2) is 4.98 Å². The highest BCUT2D eigenvalue weighted by Gasteiger charge is 2.34. The Morgan fingerprint density at radius 3 is 2.73 bits per heavy atom. The summed E-state index contributed by atoms with van der Waals surface area (Å²) in [6, 6.07) is 8.00. The molecule has 0 unspecified atom stereocenters. The lowest BCUT2D eigenvalue weighted by Crippen LogP contribution is -2.31. The molecule has 4 rings (SSSR count). The van der Waals surface area contributed by atoms with E-state index in [1.165, 1.54) is 6.07 Å². The first-order chi connectivity index (χ1) is 12.4. The van der Waals surface area contributed by atoms with E-state index in [0.717, 1.165) is 36.5 Å². The van der Waals surface area contributed by atoms with Crippen LogP contribution in [-0.2, 0) is 6.18 Å². The first-order valence-electron chi connectivity index (χ1n) is 8.73. The molecule has 1 saturated heterocycles. The van der Waals surface area contributed by atoms with Crippen LogP contribution in [-0.4, -0.2) is 33.9 Å². The van der Waals surface area contributed by atoms with E-state index in [1.54, 1.807) is 0 Å². The molecular weight excluding hydrogens is 343 g/mol. The fourth-order valence-corrected chi connectivity index (χ4v) is 3.85. The number of nitrogens with one attached hydrogen (secondary N) is 1. The topological polar surface area (TPSA) is 50.1 Å². The van der Waals surface area contributed by atoms with Gasteiger partial charge in [0.2, 0.25) is 0 Å². The summed E-state index contributed by atoms with van der Waals surface area (Å²) in [5, 5.41) is 14.5. The highest BCUT2D eigenvalue weighted by Crippen LogP contribution is 2.37. The minimum absolute atomic E-state index is 0.203. The van der Waals surface area contributed by atoms with Crippen LogP contribution in [0, 0.1) is 6.92 Å². The van der Waals surface area contributed by atoms with E-state index in [-0.39, 0.29) is 6.04 Å². The van der Waals surface area contributed by atoms with Gasteiger partial charge < -0.3 is 15.0 Å². The van der Waals surface area contributed by atoms with E-state index < -0.39 is 18.0 Å². The smallest absolute Gasteiger partial charge is 0.390 e. The van der Waals surface area contributed by atoms with Crippen LogP contribution < -0.4 is 5.32 Å². The quantitative estimate of drug-likeness (QED) is 0.691. The number of aliphatic hydroxyl groups excluding tert-OH is 1. The molecule has 3 heterocycles. The average Bonchev–Trinajstić information content (AvgIpc) is 2.74. The Balaban J connectivity index is 2.01. The van der Waals surface area contributed by atoms with Gasteiger partial charge in [0.1, 0.15) is 5.69 Å². The van der Waals surface area contributed by atoms with Gasteiger partial charge in [0.15, 0.2) is 0 Å². The normalized spacial score (nSPS) is 22.0. The lowest BCUT2D eigenvalue weighted by atomic mass is 10.1. The third kappa shape index (κ3) is 2.85. The molecule has 0 spiro atoms. The number of fused-ring (bicyclic) bond motifs is 3. The number of rotatable bonds is 1. The molecule has 1 aromatic carbocycles. The highest BCUT2D eigenvalue weighted by atomic mass is 19.4. The zero-order chi connectivity index (χ0) is 18.5. The number of aryl methyl sites for hydroxylation is 1. The second-order valence-electron chi connectivity index (χ2n) is 6.93. The van der Waals surface area contributed by atoms with Gasteiger partial charge >= 0.3 is 6.18 Å². The maximum Gasteiger partial charge on any atom is 0.433 e. The number of aliphatic hydroxyl groups is 1. The molecule has 0 aliphatic carbocycles. The van der Waals surface area contributed by atoms with E-state index in [0.29, 0.717) is 23.0 Å². The Kier molecular flexibility index (Phi) is 4.16. The molecule has 3 aromatic rings. The van der Waals surface area contributed by atoms with Crippen molar-refractivity contribution in [3.8, 4) is 0 Å². The van der Waals surface area contributed by atoms with E-state index in [2.05, 4.69) is 10.3 Å². The SMILES string of the molecule is Cc1ccc2c(c1)c1nc(C(F)(F)F)ccc1n2[C@@H]1CCCNC[C@H]1O. The average molecular weight is 363 g/mol. The summed E-state index contributed by atoms with van der Waals surface area (Å²) in [4.78, 5) is 3.94. The van der Waals surface area contributed by atoms with Crippen molar-refractivity contribution in [2.75, 3.05) is 13.1 Å². The lowest BCUT2D eigenvalue weighted by Gasteiger charge is -2.24. The van der Waals surface area contributed by atoms with Crippen LogP contribution in [0.25, 0.3) is 21.9 Å². The van der Waals surface area contributed by atoms with Crippen molar-refractivity contribution in [3.63, 3.8) is 0 Å². The number of aromatic nitrogens is 2.